The van der Waals surface area contributed by atoms with Gasteiger partial charge in [0.2, 0.25) is 0 Å². The Bertz CT molecular complexity index is 1180. The molecule has 1 aromatic carbocycles. The Balaban J connectivity index is 1.49. The van der Waals surface area contributed by atoms with Gasteiger partial charge in [0, 0.05) is 23.3 Å². The standard InChI is InChI=1S/C25H25BrFN3O3S/c1-14-10-21(33-30-14)20-11-17-12-34-24(28-23(31)16-6-4-3-5-7-16)29-25(17,13-32-20)22-15(2)18(26)8-9-19(22)27/h3-10,15,17,20,22H,11-13H2,1-2H3,(H,28,29,31)/t15?,17-,20+,22?,25-/m0/s1. The highest BCUT2D eigenvalue weighted by Gasteiger charge is 2.56. The number of hydrogen-bond acceptors (Lipinski definition) is 6. The van der Waals surface area contributed by atoms with Crippen LogP contribution in [-0.2, 0) is 4.74 Å². The molecular formula is C25H25BrFN3O3S. The van der Waals surface area contributed by atoms with Crippen molar-refractivity contribution in [1.82, 2.24) is 10.5 Å². The highest BCUT2D eigenvalue weighted by atomic mass is 79.9. The van der Waals surface area contributed by atoms with Gasteiger partial charge in [-0.3, -0.25) is 9.79 Å². The van der Waals surface area contributed by atoms with Crippen LogP contribution in [0.25, 0.3) is 0 Å². The van der Waals surface area contributed by atoms with Crippen LogP contribution in [0.2, 0.25) is 0 Å². The highest BCUT2D eigenvalue weighted by molar-refractivity contribution is 9.11. The molecule has 0 saturated carbocycles. The molecular weight excluding hydrogens is 521 g/mol. The Morgan fingerprint density at radius 3 is 2.82 bits per heavy atom. The van der Waals surface area contributed by atoms with Gasteiger partial charge in [0.25, 0.3) is 5.91 Å². The maximum Gasteiger partial charge on any atom is 0.257 e. The molecule has 3 heterocycles. The van der Waals surface area contributed by atoms with E-state index in [9.17, 15) is 4.79 Å². The molecule has 1 amide bonds. The maximum absolute atomic E-state index is 15.4. The number of fused-ring (bicyclic) bond motifs is 1. The van der Waals surface area contributed by atoms with Crippen LogP contribution >= 0.6 is 27.7 Å². The van der Waals surface area contributed by atoms with Gasteiger partial charge in [-0.15, -0.1) is 0 Å². The molecule has 1 N–H and O–H groups in total. The van der Waals surface area contributed by atoms with E-state index in [4.69, 9.17) is 14.3 Å². The number of amidine groups is 1. The van der Waals surface area contributed by atoms with E-state index in [-0.39, 0.29) is 36.3 Å². The number of nitrogens with zero attached hydrogens (tertiary/aromatic N) is 2. The molecule has 5 rings (SSSR count). The summed E-state index contributed by atoms with van der Waals surface area (Å²) in [7, 11) is 0. The van der Waals surface area contributed by atoms with Crippen LogP contribution in [0.15, 0.2) is 68.4 Å². The van der Waals surface area contributed by atoms with E-state index in [1.165, 1.54) is 17.8 Å². The normalized spacial score (nSPS) is 31.1. The molecule has 34 heavy (non-hydrogen) atoms. The number of nitrogens with one attached hydrogen (secondary N) is 1. The second-order valence-corrected chi connectivity index (χ2v) is 10.9. The van der Waals surface area contributed by atoms with Crippen molar-refractivity contribution in [2.45, 2.75) is 31.9 Å². The van der Waals surface area contributed by atoms with Gasteiger partial charge in [-0.05, 0) is 53.9 Å². The summed E-state index contributed by atoms with van der Waals surface area (Å²) in [4.78, 5) is 17.9. The summed E-state index contributed by atoms with van der Waals surface area (Å²) in [5.74, 6) is 0.278. The lowest BCUT2D eigenvalue weighted by Crippen LogP contribution is -2.57. The molecule has 9 heteroatoms. The quantitative estimate of drug-likeness (QED) is 0.532. The van der Waals surface area contributed by atoms with Crippen LogP contribution in [0.5, 0.6) is 0 Å². The van der Waals surface area contributed by atoms with Gasteiger partial charge in [-0.1, -0.05) is 58.0 Å². The summed E-state index contributed by atoms with van der Waals surface area (Å²) in [6.07, 6.45) is 3.63. The number of thioether (sulfide) groups is 1. The molecule has 1 aromatic heterocycles. The smallest absolute Gasteiger partial charge is 0.257 e. The molecule has 2 aromatic rings. The number of hydrogen-bond donors (Lipinski definition) is 1. The molecule has 2 unspecified atom stereocenters. The van der Waals surface area contributed by atoms with Gasteiger partial charge in [0.05, 0.1) is 12.3 Å². The van der Waals surface area contributed by atoms with E-state index in [2.05, 4.69) is 26.4 Å². The van der Waals surface area contributed by atoms with E-state index in [0.717, 1.165) is 10.2 Å². The van der Waals surface area contributed by atoms with Gasteiger partial charge < -0.3 is 14.6 Å². The fourth-order valence-electron chi connectivity index (χ4n) is 5.07. The van der Waals surface area contributed by atoms with Gasteiger partial charge in [0.15, 0.2) is 10.9 Å². The average Bonchev–Trinajstić information content (AvgIpc) is 3.28. The SMILES string of the molecule is Cc1cc([C@H]2C[C@H]3CSC(NC(=O)c4ccccc4)=N[C@@]3(C3C(F)=CC=C(Br)C3C)CO2)on1. The summed E-state index contributed by atoms with van der Waals surface area (Å²) in [6.45, 7) is 4.08. The van der Waals surface area contributed by atoms with Crippen LogP contribution in [0.1, 0.15) is 41.3 Å². The molecule has 1 saturated heterocycles. The summed E-state index contributed by atoms with van der Waals surface area (Å²) in [5.41, 5.74) is 0.482. The number of rotatable bonds is 3. The third-order valence-corrected chi connectivity index (χ3v) is 8.87. The predicted molar refractivity (Wildman–Crippen MR) is 133 cm³/mol. The number of carbonyl (C=O) groups excluding carboxylic acids is 1. The number of aliphatic imine (C=N–C) groups is 1. The number of carbonyl (C=O) groups is 1. The zero-order valence-corrected chi connectivity index (χ0v) is 21.2. The van der Waals surface area contributed by atoms with E-state index in [1.807, 2.05) is 38.1 Å². The number of benzene rings is 1. The number of allylic oxidation sites excluding steroid dienone is 3. The Morgan fingerprint density at radius 1 is 1.29 bits per heavy atom. The van der Waals surface area contributed by atoms with Crippen molar-refractivity contribution in [3.63, 3.8) is 0 Å². The molecule has 3 aliphatic rings. The number of aromatic nitrogens is 1. The van der Waals surface area contributed by atoms with Crippen molar-refractivity contribution in [3.05, 3.63) is 75.9 Å². The van der Waals surface area contributed by atoms with Crippen molar-refractivity contribution >= 4 is 38.8 Å². The van der Waals surface area contributed by atoms with Crippen molar-refractivity contribution in [2.75, 3.05) is 12.4 Å². The lowest BCUT2D eigenvalue weighted by molar-refractivity contribution is -0.0864. The average molecular weight is 546 g/mol. The first-order valence-corrected chi connectivity index (χ1v) is 13.0. The topological polar surface area (TPSA) is 76.7 Å². The largest absolute Gasteiger partial charge is 0.368 e. The maximum atomic E-state index is 15.4. The van der Waals surface area contributed by atoms with Crippen molar-refractivity contribution in [2.24, 2.45) is 22.7 Å². The minimum atomic E-state index is -0.858. The zero-order chi connectivity index (χ0) is 23.9. The fourth-order valence-corrected chi connectivity index (χ4v) is 6.65. The van der Waals surface area contributed by atoms with Gasteiger partial charge >= 0.3 is 0 Å². The molecule has 0 spiro atoms. The molecule has 2 aliphatic heterocycles. The Labute approximate surface area is 210 Å². The lowest BCUT2D eigenvalue weighted by atomic mass is 9.65. The van der Waals surface area contributed by atoms with E-state index >= 15 is 4.39 Å². The predicted octanol–water partition coefficient (Wildman–Crippen LogP) is 5.73. The third kappa shape index (κ3) is 4.29. The van der Waals surface area contributed by atoms with E-state index < -0.39 is 11.5 Å². The molecule has 1 aliphatic carbocycles. The summed E-state index contributed by atoms with van der Waals surface area (Å²) >= 11 is 5.09. The first-order chi connectivity index (χ1) is 16.4. The first kappa shape index (κ1) is 23.5. The Kier molecular flexibility index (Phi) is 6.52. The van der Waals surface area contributed by atoms with Crippen LogP contribution in [0.4, 0.5) is 4.39 Å². The monoisotopic (exact) mass is 545 g/mol. The van der Waals surface area contributed by atoms with Gasteiger partial charge in [0.1, 0.15) is 17.5 Å². The second kappa shape index (κ2) is 9.43. The summed E-state index contributed by atoms with van der Waals surface area (Å²) < 4.78 is 28.1. The second-order valence-electron chi connectivity index (χ2n) is 9.01. The molecule has 6 nitrogen and oxygen atoms in total. The highest BCUT2D eigenvalue weighted by Crippen LogP contribution is 2.53. The Morgan fingerprint density at radius 2 is 2.09 bits per heavy atom. The first-order valence-electron chi connectivity index (χ1n) is 11.2. The number of aryl methyl sites for hydroxylation is 1. The van der Waals surface area contributed by atoms with Crippen molar-refractivity contribution < 1.29 is 18.4 Å². The van der Waals surface area contributed by atoms with Crippen LogP contribution in [0, 0.1) is 24.7 Å². The van der Waals surface area contributed by atoms with Crippen LogP contribution in [0.3, 0.4) is 0 Å². The molecule has 5 atom stereocenters. The van der Waals surface area contributed by atoms with Crippen molar-refractivity contribution in [1.29, 1.82) is 0 Å². The lowest BCUT2D eigenvalue weighted by Gasteiger charge is -2.51. The summed E-state index contributed by atoms with van der Waals surface area (Å²) in [6, 6.07) is 10.9. The fraction of sp³-hybridized carbons (Fsp3) is 0.400. The van der Waals surface area contributed by atoms with Gasteiger partial charge in [-0.2, -0.15) is 0 Å². The number of halogens is 2. The van der Waals surface area contributed by atoms with Crippen LogP contribution in [-0.4, -0.2) is 34.1 Å². The zero-order valence-electron chi connectivity index (χ0n) is 18.8. The Hall–Kier alpha value is -2.23. The minimum Gasteiger partial charge on any atom is -0.368 e. The minimum absolute atomic E-state index is 0.0176. The van der Waals surface area contributed by atoms with E-state index in [0.29, 0.717) is 28.7 Å². The summed E-state index contributed by atoms with van der Waals surface area (Å²) in [5, 5.41) is 7.43. The molecule has 0 radical (unpaired) electrons. The van der Waals surface area contributed by atoms with Crippen LogP contribution < -0.4 is 5.32 Å². The molecule has 1 fully saturated rings. The van der Waals surface area contributed by atoms with Gasteiger partial charge in [-0.25, -0.2) is 4.39 Å². The molecule has 0 bridgehead atoms. The molecule has 178 valence electrons. The number of ether oxygens (including phenoxy) is 1. The van der Waals surface area contributed by atoms with Crippen molar-refractivity contribution in [3.8, 4) is 0 Å². The van der Waals surface area contributed by atoms with E-state index in [1.54, 1.807) is 18.2 Å². The third-order valence-electron chi connectivity index (χ3n) is 6.84. The number of amides is 1.